The van der Waals surface area contributed by atoms with Gasteiger partial charge in [0.05, 0.1) is 0 Å². The molecular weight excluding hydrogens is 186 g/mol. The average Bonchev–Trinajstić information content (AvgIpc) is 2.19. The van der Waals surface area contributed by atoms with Crippen molar-refractivity contribution in [3.63, 3.8) is 0 Å². The van der Waals surface area contributed by atoms with Gasteiger partial charge in [0.25, 0.3) is 0 Å². The van der Waals surface area contributed by atoms with Crippen LogP contribution in [0, 0.1) is 5.92 Å². The van der Waals surface area contributed by atoms with Crippen LogP contribution in [0.5, 0.6) is 0 Å². The lowest BCUT2D eigenvalue weighted by Crippen LogP contribution is -2.37. The Bertz CT molecular complexity index is 168. The van der Waals surface area contributed by atoms with Crippen LogP contribution in [0.1, 0.15) is 66.2 Å². The summed E-state index contributed by atoms with van der Waals surface area (Å²) in [4.78, 5) is 11.9. The van der Waals surface area contributed by atoms with Gasteiger partial charge in [-0.25, -0.2) is 0 Å². The Balaban J connectivity index is 3.91. The number of carbonyl (C=O) groups is 1. The third-order valence-corrected chi connectivity index (χ3v) is 2.88. The van der Waals surface area contributed by atoms with E-state index in [1.54, 1.807) is 0 Å². The molecule has 0 radical (unpaired) electrons. The first-order valence-corrected chi connectivity index (χ1v) is 6.45. The van der Waals surface area contributed by atoms with Gasteiger partial charge in [-0.15, -0.1) is 0 Å². The molecule has 0 spiro atoms. The number of amides is 1. The summed E-state index contributed by atoms with van der Waals surface area (Å²) in [5, 5.41) is 3.10. The number of hydrogen-bond acceptors (Lipinski definition) is 1. The van der Waals surface area contributed by atoms with Gasteiger partial charge in [0.2, 0.25) is 5.91 Å². The zero-order chi connectivity index (χ0) is 11.7. The van der Waals surface area contributed by atoms with E-state index < -0.39 is 0 Å². The molecule has 0 fully saturated rings. The molecule has 0 aromatic carbocycles. The lowest BCUT2D eigenvalue weighted by atomic mass is 9.98. The first kappa shape index (κ1) is 14.5. The highest BCUT2D eigenvalue weighted by Gasteiger charge is 2.16. The normalized spacial score (nSPS) is 14.7. The van der Waals surface area contributed by atoms with Crippen LogP contribution in [0.2, 0.25) is 0 Å². The predicted octanol–water partition coefficient (Wildman–Crippen LogP) is 3.51. The van der Waals surface area contributed by atoms with E-state index in [1.807, 2.05) is 0 Å². The molecule has 1 N–H and O–H groups in total. The third kappa shape index (κ3) is 6.53. The van der Waals surface area contributed by atoms with Crippen molar-refractivity contribution in [2.75, 3.05) is 0 Å². The molecule has 0 saturated carbocycles. The molecule has 0 aliphatic carbocycles. The number of nitrogens with one attached hydrogen (secondary N) is 1. The van der Waals surface area contributed by atoms with Crippen LogP contribution in [0.25, 0.3) is 0 Å². The van der Waals surface area contributed by atoms with E-state index in [1.165, 1.54) is 6.42 Å². The summed E-state index contributed by atoms with van der Waals surface area (Å²) in [7, 11) is 0. The summed E-state index contributed by atoms with van der Waals surface area (Å²) >= 11 is 0. The minimum atomic E-state index is 0.226. The van der Waals surface area contributed by atoms with Crippen LogP contribution < -0.4 is 5.32 Å². The van der Waals surface area contributed by atoms with Crippen molar-refractivity contribution < 1.29 is 4.79 Å². The zero-order valence-corrected chi connectivity index (χ0v) is 10.8. The van der Waals surface area contributed by atoms with Crippen LogP contribution in [0.15, 0.2) is 0 Å². The van der Waals surface area contributed by atoms with Gasteiger partial charge in [-0.2, -0.15) is 0 Å². The number of hydrogen-bond donors (Lipinski definition) is 1. The van der Waals surface area contributed by atoms with E-state index in [0.717, 1.165) is 32.1 Å². The van der Waals surface area contributed by atoms with E-state index in [0.29, 0.717) is 6.04 Å². The average molecular weight is 213 g/mol. The first-order chi connectivity index (χ1) is 7.15. The smallest absolute Gasteiger partial charge is 0.223 e. The monoisotopic (exact) mass is 213 g/mol. The van der Waals surface area contributed by atoms with Crippen molar-refractivity contribution in [1.82, 2.24) is 5.32 Å². The largest absolute Gasteiger partial charge is 0.353 e. The second-order valence-corrected chi connectivity index (χ2v) is 4.45. The molecule has 1 amide bonds. The van der Waals surface area contributed by atoms with Crippen LogP contribution in [0.3, 0.4) is 0 Å². The molecule has 15 heavy (non-hydrogen) atoms. The van der Waals surface area contributed by atoms with Gasteiger partial charge < -0.3 is 5.32 Å². The molecule has 2 atom stereocenters. The zero-order valence-electron chi connectivity index (χ0n) is 10.8. The van der Waals surface area contributed by atoms with E-state index in [2.05, 4.69) is 33.0 Å². The van der Waals surface area contributed by atoms with Gasteiger partial charge in [-0.1, -0.05) is 40.0 Å². The Kier molecular flexibility index (Phi) is 8.44. The molecule has 2 nitrogen and oxygen atoms in total. The lowest BCUT2D eigenvalue weighted by Gasteiger charge is -2.18. The van der Waals surface area contributed by atoms with Crippen molar-refractivity contribution in [2.45, 2.75) is 72.3 Å². The molecule has 0 rings (SSSR count). The Morgan fingerprint density at radius 3 is 2.27 bits per heavy atom. The predicted molar refractivity (Wildman–Crippen MR) is 65.8 cm³/mol. The van der Waals surface area contributed by atoms with Crippen LogP contribution in [-0.2, 0) is 4.79 Å². The SMILES string of the molecule is CCCC[C@H](CC)C(=O)N[C@@H](C)CCC. The van der Waals surface area contributed by atoms with Gasteiger partial charge >= 0.3 is 0 Å². The van der Waals surface area contributed by atoms with E-state index in [9.17, 15) is 4.79 Å². The van der Waals surface area contributed by atoms with E-state index in [4.69, 9.17) is 0 Å². The van der Waals surface area contributed by atoms with Gasteiger partial charge in [-0.3, -0.25) is 4.79 Å². The summed E-state index contributed by atoms with van der Waals surface area (Å²) in [6.07, 6.45) is 6.55. The molecule has 0 aliphatic rings. The van der Waals surface area contributed by atoms with Gasteiger partial charge in [-0.05, 0) is 26.2 Å². The molecule has 0 aromatic heterocycles. The van der Waals surface area contributed by atoms with Gasteiger partial charge in [0, 0.05) is 12.0 Å². The Labute approximate surface area is 94.8 Å². The molecule has 0 saturated heterocycles. The van der Waals surface area contributed by atoms with Crippen LogP contribution in [-0.4, -0.2) is 11.9 Å². The minimum Gasteiger partial charge on any atom is -0.353 e. The molecule has 0 bridgehead atoms. The maximum absolute atomic E-state index is 11.9. The number of carbonyl (C=O) groups excluding carboxylic acids is 1. The molecule has 2 heteroatoms. The van der Waals surface area contributed by atoms with Crippen molar-refractivity contribution in [1.29, 1.82) is 0 Å². The van der Waals surface area contributed by atoms with E-state index >= 15 is 0 Å². The maximum atomic E-state index is 11.9. The molecule has 0 heterocycles. The summed E-state index contributed by atoms with van der Waals surface area (Å²) in [5.74, 6) is 0.483. The second-order valence-electron chi connectivity index (χ2n) is 4.45. The van der Waals surface area contributed by atoms with Crippen LogP contribution >= 0.6 is 0 Å². The highest BCUT2D eigenvalue weighted by molar-refractivity contribution is 5.78. The third-order valence-electron chi connectivity index (χ3n) is 2.88. The molecule has 0 aliphatic heterocycles. The number of unbranched alkanes of at least 4 members (excludes halogenated alkanes) is 1. The first-order valence-electron chi connectivity index (χ1n) is 6.45. The Hall–Kier alpha value is -0.530. The van der Waals surface area contributed by atoms with Crippen molar-refractivity contribution in [3.05, 3.63) is 0 Å². The van der Waals surface area contributed by atoms with Crippen molar-refractivity contribution in [2.24, 2.45) is 5.92 Å². The van der Waals surface area contributed by atoms with Crippen molar-refractivity contribution in [3.8, 4) is 0 Å². The molecular formula is C13H27NO. The quantitative estimate of drug-likeness (QED) is 0.657. The van der Waals surface area contributed by atoms with E-state index in [-0.39, 0.29) is 11.8 Å². The minimum absolute atomic E-state index is 0.226. The lowest BCUT2D eigenvalue weighted by molar-refractivity contribution is -0.126. The Morgan fingerprint density at radius 1 is 1.13 bits per heavy atom. The topological polar surface area (TPSA) is 29.1 Å². The highest BCUT2D eigenvalue weighted by Crippen LogP contribution is 2.13. The standard InChI is InChI=1S/C13H27NO/c1-5-8-10-12(7-3)13(15)14-11(4)9-6-2/h11-12H,5-10H2,1-4H3,(H,14,15)/t11-,12-/m0/s1. The molecule has 0 unspecified atom stereocenters. The van der Waals surface area contributed by atoms with Gasteiger partial charge in [0.1, 0.15) is 0 Å². The molecule has 0 aromatic rings. The summed E-state index contributed by atoms with van der Waals surface area (Å²) in [6.45, 7) is 8.51. The fourth-order valence-electron chi connectivity index (χ4n) is 1.84. The van der Waals surface area contributed by atoms with Crippen LogP contribution in [0.4, 0.5) is 0 Å². The fourth-order valence-corrected chi connectivity index (χ4v) is 1.84. The summed E-state index contributed by atoms with van der Waals surface area (Å²) in [5.41, 5.74) is 0. The highest BCUT2D eigenvalue weighted by atomic mass is 16.1. The van der Waals surface area contributed by atoms with Crippen molar-refractivity contribution >= 4 is 5.91 Å². The summed E-state index contributed by atoms with van der Waals surface area (Å²) in [6, 6.07) is 0.332. The summed E-state index contributed by atoms with van der Waals surface area (Å²) < 4.78 is 0. The fraction of sp³-hybridized carbons (Fsp3) is 0.923. The van der Waals surface area contributed by atoms with Gasteiger partial charge in [0.15, 0.2) is 0 Å². The maximum Gasteiger partial charge on any atom is 0.223 e. The number of rotatable bonds is 8. The second kappa shape index (κ2) is 8.75. The molecule has 90 valence electrons. The Morgan fingerprint density at radius 2 is 1.80 bits per heavy atom.